The van der Waals surface area contributed by atoms with Crippen molar-refractivity contribution in [2.24, 2.45) is 5.92 Å². The molecular formula is C20H20ClF3N2O2. The molecule has 0 aliphatic heterocycles. The molecule has 0 radical (unpaired) electrons. The number of nitrogens with one attached hydrogen (secondary N) is 2. The van der Waals surface area contributed by atoms with E-state index in [1.165, 1.54) is 24.3 Å². The van der Waals surface area contributed by atoms with Crippen LogP contribution < -0.4 is 10.6 Å². The summed E-state index contributed by atoms with van der Waals surface area (Å²) in [7, 11) is 0. The van der Waals surface area contributed by atoms with Gasteiger partial charge in [0.2, 0.25) is 5.91 Å². The number of hydrogen-bond acceptors (Lipinski definition) is 2. The minimum atomic E-state index is -4.48. The van der Waals surface area contributed by atoms with E-state index in [1.807, 2.05) is 13.8 Å². The van der Waals surface area contributed by atoms with Crippen LogP contribution in [0.5, 0.6) is 0 Å². The van der Waals surface area contributed by atoms with Crippen molar-refractivity contribution in [3.63, 3.8) is 0 Å². The molecule has 2 rings (SSSR count). The van der Waals surface area contributed by atoms with Crippen LogP contribution in [0.1, 0.15) is 35.7 Å². The second-order valence-corrected chi connectivity index (χ2v) is 7.07. The van der Waals surface area contributed by atoms with Gasteiger partial charge in [0.1, 0.15) is 6.54 Å². The summed E-state index contributed by atoms with van der Waals surface area (Å²) in [4.78, 5) is 24.4. The second kappa shape index (κ2) is 9.10. The number of amides is 2. The van der Waals surface area contributed by atoms with Gasteiger partial charge >= 0.3 is 6.18 Å². The van der Waals surface area contributed by atoms with Gasteiger partial charge in [-0.3, -0.25) is 9.59 Å². The van der Waals surface area contributed by atoms with E-state index in [0.717, 1.165) is 5.56 Å². The number of anilines is 1. The van der Waals surface area contributed by atoms with Crippen molar-refractivity contribution in [1.29, 1.82) is 0 Å². The molecule has 0 spiro atoms. The molecule has 0 bridgehead atoms. The van der Waals surface area contributed by atoms with E-state index >= 15 is 0 Å². The number of halogens is 4. The van der Waals surface area contributed by atoms with Gasteiger partial charge in [0.05, 0.1) is 5.92 Å². The lowest BCUT2D eigenvalue weighted by molar-refractivity contribution is -0.123. The summed E-state index contributed by atoms with van der Waals surface area (Å²) in [6.07, 6.45) is -4.48. The molecule has 2 aromatic carbocycles. The van der Waals surface area contributed by atoms with Crippen molar-refractivity contribution < 1.29 is 22.8 Å². The quantitative estimate of drug-likeness (QED) is 0.700. The van der Waals surface area contributed by atoms with Gasteiger partial charge in [-0.15, -0.1) is 0 Å². The first-order valence-corrected chi connectivity index (χ1v) is 8.96. The van der Waals surface area contributed by atoms with E-state index in [1.54, 1.807) is 29.6 Å². The van der Waals surface area contributed by atoms with Crippen LogP contribution in [-0.2, 0) is 4.79 Å². The molecule has 0 fully saturated rings. The standard InChI is InChI=1S/C20H20ClF3N2O2/c1-12(2)17(13-3-7-15(21)8-4-13)19(28)26-16-9-5-14(6-10-16)18(27)25-11-20(22,23)24/h3-10,12,17H,11H2,1-2H3,(H,25,27)(H,26,28). The van der Waals surface area contributed by atoms with Gasteiger partial charge in [-0.05, 0) is 47.9 Å². The molecular weight excluding hydrogens is 393 g/mol. The van der Waals surface area contributed by atoms with Gasteiger partial charge in [-0.25, -0.2) is 0 Å². The third-order valence-electron chi connectivity index (χ3n) is 4.04. The third-order valence-corrected chi connectivity index (χ3v) is 4.29. The summed E-state index contributed by atoms with van der Waals surface area (Å²) in [6.45, 7) is 2.45. The van der Waals surface area contributed by atoms with Crippen LogP contribution >= 0.6 is 11.6 Å². The van der Waals surface area contributed by atoms with Gasteiger partial charge in [0.25, 0.3) is 5.91 Å². The minimum absolute atomic E-state index is 0.0218. The first kappa shape index (κ1) is 21.8. The molecule has 150 valence electrons. The number of hydrogen-bond donors (Lipinski definition) is 2. The maximum Gasteiger partial charge on any atom is 0.405 e. The molecule has 0 heterocycles. The van der Waals surface area contributed by atoms with Crippen molar-refractivity contribution >= 4 is 29.1 Å². The molecule has 0 saturated heterocycles. The number of benzene rings is 2. The molecule has 2 amide bonds. The molecule has 8 heteroatoms. The first-order chi connectivity index (χ1) is 13.1. The fraction of sp³-hybridized carbons (Fsp3) is 0.300. The van der Waals surface area contributed by atoms with E-state index in [0.29, 0.717) is 10.7 Å². The van der Waals surface area contributed by atoms with Gasteiger partial charge in [0, 0.05) is 16.3 Å². The zero-order valence-electron chi connectivity index (χ0n) is 15.3. The lowest BCUT2D eigenvalue weighted by Crippen LogP contribution is -2.33. The van der Waals surface area contributed by atoms with Crippen molar-refractivity contribution in [3.05, 3.63) is 64.7 Å². The molecule has 1 atom stereocenters. The number of rotatable bonds is 6. The molecule has 1 unspecified atom stereocenters. The molecule has 2 N–H and O–H groups in total. The molecule has 0 saturated carbocycles. The largest absolute Gasteiger partial charge is 0.405 e. The summed E-state index contributed by atoms with van der Waals surface area (Å²) in [5.41, 5.74) is 1.33. The Kier molecular flexibility index (Phi) is 7.07. The molecule has 0 aliphatic rings. The Hall–Kier alpha value is -2.54. The number of carbonyl (C=O) groups is 2. The van der Waals surface area contributed by atoms with E-state index in [4.69, 9.17) is 11.6 Å². The molecule has 28 heavy (non-hydrogen) atoms. The zero-order valence-corrected chi connectivity index (χ0v) is 16.1. The normalized spacial score (nSPS) is 12.5. The van der Waals surface area contributed by atoms with Gasteiger partial charge < -0.3 is 10.6 Å². The van der Waals surface area contributed by atoms with Gasteiger partial charge in [-0.2, -0.15) is 13.2 Å². The Labute approximate surface area is 166 Å². The Balaban J connectivity index is 2.06. The van der Waals surface area contributed by atoms with Crippen molar-refractivity contribution in [3.8, 4) is 0 Å². The maximum atomic E-state index is 12.7. The topological polar surface area (TPSA) is 58.2 Å². The predicted octanol–water partition coefficient (Wildman–Crippen LogP) is 5.01. The van der Waals surface area contributed by atoms with Crippen molar-refractivity contribution in [2.45, 2.75) is 25.9 Å². The van der Waals surface area contributed by atoms with Crippen LogP contribution in [0.25, 0.3) is 0 Å². The second-order valence-electron chi connectivity index (χ2n) is 6.64. The Morgan fingerprint density at radius 3 is 2.07 bits per heavy atom. The van der Waals surface area contributed by atoms with E-state index in [9.17, 15) is 22.8 Å². The Morgan fingerprint density at radius 2 is 1.57 bits per heavy atom. The first-order valence-electron chi connectivity index (χ1n) is 8.58. The van der Waals surface area contributed by atoms with Crippen molar-refractivity contribution in [1.82, 2.24) is 5.32 Å². The number of carbonyl (C=O) groups excluding carboxylic acids is 2. The van der Waals surface area contributed by atoms with Crippen LogP contribution in [0.3, 0.4) is 0 Å². The Bertz CT molecular complexity index is 819. The molecule has 0 aromatic heterocycles. The van der Waals surface area contributed by atoms with E-state index in [-0.39, 0.29) is 17.4 Å². The highest BCUT2D eigenvalue weighted by Crippen LogP contribution is 2.27. The highest BCUT2D eigenvalue weighted by Gasteiger charge is 2.28. The van der Waals surface area contributed by atoms with Gasteiger partial charge in [-0.1, -0.05) is 37.6 Å². The maximum absolute atomic E-state index is 12.7. The lowest BCUT2D eigenvalue weighted by Gasteiger charge is -2.21. The average Bonchev–Trinajstić information content (AvgIpc) is 2.61. The Morgan fingerprint density at radius 1 is 1.00 bits per heavy atom. The minimum Gasteiger partial charge on any atom is -0.343 e. The summed E-state index contributed by atoms with van der Waals surface area (Å²) in [5.74, 6) is -1.45. The van der Waals surface area contributed by atoms with E-state index in [2.05, 4.69) is 5.32 Å². The summed E-state index contributed by atoms with van der Waals surface area (Å²) in [5, 5.41) is 5.15. The smallest absolute Gasteiger partial charge is 0.343 e. The predicted molar refractivity (Wildman–Crippen MR) is 102 cm³/mol. The average molecular weight is 413 g/mol. The summed E-state index contributed by atoms with van der Waals surface area (Å²) < 4.78 is 36.5. The molecule has 4 nitrogen and oxygen atoms in total. The molecule has 2 aromatic rings. The van der Waals surface area contributed by atoms with Crippen LogP contribution in [0.2, 0.25) is 5.02 Å². The van der Waals surface area contributed by atoms with Crippen LogP contribution in [0, 0.1) is 5.92 Å². The van der Waals surface area contributed by atoms with Crippen LogP contribution in [0.4, 0.5) is 18.9 Å². The molecule has 0 aliphatic carbocycles. The third kappa shape index (κ3) is 6.27. The van der Waals surface area contributed by atoms with Crippen LogP contribution in [0.15, 0.2) is 48.5 Å². The van der Waals surface area contributed by atoms with Crippen LogP contribution in [-0.4, -0.2) is 24.5 Å². The monoisotopic (exact) mass is 412 g/mol. The number of alkyl halides is 3. The lowest BCUT2D eigenvalue weighted by atomic mass is 9.87. The zero-order chi connectivity index (χ0) is 20.9. The SMILES string of the molecule is CC(C)C(C(=O)Nc1ccc(C(=O)NCC(F)(F)F)cc1)c1ccc(Cl)cc1. The van der Waals surface area contributed by atoms with Crippen molar-refractivity contribution in [2.75, 3.05) is 11.9 Å². The highest BCUT2D eigenvalue weighted by molar-refractivity contribution is 6.30. The fourth-order valence-electron chi connectivity index (χ4n) is 2.72. The highest BCUT2D eigenvalue weighted by atomic mass is 35.5. The summed E-state index contributed by atoms with van der Waals surface area (Å²) in [6, 6.07) is 12.7. The fourth-order valence-corrected chi connectivity index (χ4v) is 2.84. The van der Waals surface area contributed by atoms with E-state index < -0.39 is 24.5 Å². The van der Waals surface area contributed by atoms with Gasteiger partial charge in [0.15, 0.2) is 0 Å². The summed E-state index contributed by atoms with van der Waals surface area (Å²) >= 11 is 5.90.